The molecule has 5 nitrogen and oxygen atoms in total. The molecule has 0 atom stereocenters. The number of rotatable bonds is 6. The van der Waals surface area contributed by atoms with Crippen molar-refractivity contribution in [1.29, 1.82) is 0 Å². The van der Waals surface area contributed by atoms with Crippen molar-refractivity contribution >= 4 is 16.0 Å². The minimum Gasteiger partial charge on any atom is -0.478 e. The molecular formula is C14H21NO4S. The zero-order valence-corrected chi connectivity index (χ0v) is 13.0. The van der Waals surface area contributed by atoms with E-state index in [-0.39, 0.29) is 15.9 Å². The van der Waals surface area contributed by atoms with Crippen LogP contribution in [0.15, 0.2) is 29.2 Å². The molecule has 0 aliphatic heterocycles. The second kappa shape index (κ2) is 5.93. The van der Waals surface area contributed by atoms with E-state index in [1.54, 1.807) is 0 Å². The minimum absolute atomic E-state index is 0.0306. The van der Waals surface area contributed by atoms with Crippen LogP contribution in [0.4, 0.5) is 0 Å². The summed E-state index contributed by atoms with van der Waals surface area (Å²) in [4.78, 5) is 10.8. The zero-order chi connectivity index (χ0) is 15.6. The summed E-state index contributed by atoms with van der Waals surface area (Å²) in [5.41, 5.74) is -0.228. The van der Waals surface area contributed by atoms with Gasteiger partial charge in [0.25, 0.3) is 0 Å². The number of carboxylic acid groups (broad SMARTS) is 1. The van der Waals surface area contributed by atoms with E-state index in [1.165, 1.54) is 18.2 Å². The summed E-state index contributed by atoms with van der Waals surface area (Å²) in [7, 11) is -3.70. The number of nitrogens with one attached hydrogen (secondary N) is 1. The van der Waals surface area contributed by atoms with Crippen LogP contribution in [0.25, 0.3) is 0 Å². The molecule has 1 aromatic carbocycles. The van der Waals surface area contributed by atoms with Gasteiger partial charge in [-0.3, -0.25) is 0 Å². The van der Waals surface area contributed by atoms with Gasteiger partial charge in [0, 0.05) is 6.54 Å². The summed E-state index contributed by atoms with van der Waals surface area (Å²) in [5.74, 6) is -0.833. The molecule has 0 saturated heterocycles. The summed E-state index contributed by atoms with van der Waals surface area (Å²) < 4.78 is 26.9. The topological polar surface area (TPSA) is 83.5 Å². The van der Waals surface area contributed by atoms with Crippen molar-refractivity contribution in [3.63, 3.8) is 0 Å². The molecular weight excluding hydrogens is 278 g/mol. The number of sulfonamides is 1. The lowest BCUT2D eigenvalue weighted by molar-refractivity contribution is 0.0696. The summed E-state index contributed by atoms with van der Waals surface area (Å²) in [6.45, 7) is 8.31. The molecule has 1 rings (SSSR count). The monoisotopic (exact) mass is 299 g/mol. The number of carboxylic acids is 1. The van der Waals surface area contributed by atoms with Crippen molar-refractivity contribution in [1.82, 2.24) is 4.72 Å². The van der Waals surface area contributed by atoms with E-state index in [4.69, 9.17) is 5.11 Å². The number of benzene rings is 1. The molecule has 1 aromatic rings. The van der Waals surface area contributed by atoms with Gasteiger partial charge in [-0.15, -0.1) is 0 Å². The molecule has 0 bridgehead atoms. The highest BCUT2D eigenvalue weighted by atomic mass is 32.2. The van der Waals surface area contributed by atoms with Crippen molar-refractivity contribution in [2.45, 2.75) is 32.6 Å². The second-order valence-electron chi connectivity index (χ2n) is 5.80. The van der Waals surface area contributed by atoms with E-state index in [1.807, 2.05) is 27.7 Å². The first-order chi connectivity index (χ1) is 9.06. The molecule has 0 fully saturated rings. The summed E-state index contributed by atoms with van der Waals surface area (Å²) >= 11 is 0. The molecule has 112 valence electrons. The predicted molar refractivity (Wildman–Crippen MR) is 77.2 cm³/mol. The Morgan fingerprint density at radius 2 is 1.95 bits per heavy atom. The molecule has 20 heavy (non-hydrogen) atoms. The Morgan fingerprint density at radius 1 is 1.35 bits per heavy atom. The summed E-state index contributed by atoms with van der Waals surface area (Å²) in [6.07, 6.45) is 0. The third-order valence-corrected chi connectivity index (χ3v) is 5.07. The maximum absolute atomic E-state index is 12.2. The lowest BCUT2D eigenvalue weighted by Crippen LogP contribution is -2.37. The van der Waals surface area contributed by atoms with Crippen molar-refractivity contribution in [2.24, 2.45) is 11.3 Å². The predicted octanol–water partition coefficient (Wildman–Crippen LogP) is 2.35. The van der Waals surface area contributed by atoms with E-state index < -0.39 is 16.0 Å². The first-order valence-corrected chi connectivity index (χ1v) is 7.87. The van der Waals surface area contributed by atoms with E-state index >= 15 is 0 Å². The van der Waals surface area contributed by atoms with Crippen LogP contribution in [0.5, 0.6) is 0 Å². The fourth-order valence-electron chi connectivity index (χ4n) is 1.36. The van der Waals surface area contributed by atoms with Crippen molar-refractivity contribution < 1.29 is 18.3 Å². The van der Waals surface area contributed by atoms with Crippen molar-refractivity contribution in [2.75, 3.05) is 6.54 Å². The van der Waals surface area contributed by atoms with E-state index in [0.29, 0.717) is 12.5 Å². The molecule has 0 aliphatic carbocycles. The van der Waals surface area contributed by atoms with Crippen LogP contribution in [0, 0.1) is 11.3 Å². The van der Waals surface area contributed by atoms with Crippen LogP contribution >= 0.6 is 0 Å². The van der Waals surface area contributed by atoms with E-state index in [2.05, 4.69) is 4.72 Å². The van der Waals surface area contributed by atoms with Gasteiger partial charge >= 0.3 is 5.97 Å². The average molecular weight is 299 g/mol. The highest BCUT2D eigenvalue weighted by molar-refractivity contribution is 7.89. The first-order valence-electron chi connectivity index (χ1n) is 6.39. The highest BCUT2D eigenvalue weighted by Gasteiger charge is 2.25. The van der Waals surface area contributed by atoms with E-state index in [9.17, 15) is 13.2 Å². The SMILES string of the molecule is CC(C)C(C)(C)CNS(=O)(=O)c1cccc(C(=O)O)c1. The van der Waals surface area contributed by atoms with Crippen LogP contribution in [0.1, 0.15) is 38.1 Å². The standard InChI is InChI=1S/C14H21NO4S/c1-10(2)14(3,4)9-15-20(18,19)12-7-5-6-11(8-12)13(16)17/h5-8,10,15H,9H2,1-4H3,(H,16,17). The van der Waals surface area contributed by atoms with Gasteiger partial charge in [0.1, 0.15) is 0 Å². The van der Waals surface area contributed by atoms with E-state index in [0.717, 1.165) is 6.07 Å². The molecule has 0 aromatic heterocycles. The Kier molecular flexibility index (Phi) is 4.94. The smallest absolute Gasteiger partial charge is 0.335 e. The molecule has 0 unspecified atom stereocenters. The average Bonchev–Trinajstić information content (AvgIpc) is 2.36. The van der Waals surface area contributed by atoms with Crippen LogP contribution in [-0.2, 0) is 10.0 Å². The Morgan fingerprint density at radius 3 is 2.45 bits per heavy atom. The van der Waals surface area contributed by atoms with Gasteiger partial charge in [0.15, 0.2) is 0 Å². The van der Waals surface area contributed by atoms with Gasteiger partial charge in [-0.1, -0.05) is 33.8 Å². The van der Waals surface area contributed by atoms with Gasteiger partial charge in [-0.2, -0.15) is 0 Å². The Balaban J connectivity index is 2.95. The van der Waals surface area contributed by atoms with Crippen LogP contribution in [0.2, 0.25) is 0 Å². The summed E-state index contributed by atoms with van der Waals surface area (Å²) in [5, 5.41) is 8.89. The molecule has 0 saturated carbocycles. The number of aromatic carboxylic acids is 1. The molecule has 0 spiro atoms. The summed E-state index contributed by atoms with van der Waals surface area (Å²) in [6, 6.07) is 5.33. The quantitative estimate of drug-likeness (QED) is 0.844. The number of hydrogen-bond acceptors (Lipinski definition) is 3. The highest BCUT2D eigenvalue weighted by Crippen LogP contribution is 2.25. The minimum atomic E-state index is -3.70. The Bertz CT molecular complexity index is 591. The number of hydrogen-bond donors (Lipinski definition) is 2. The maximum atomic E-state index is 12.2. The molecule has 0 amide bonds. The van der Waals surface area contributed by atoms with Gasteiger partial charge in [0.2, 0.25) is 10.0 Å². The van der Waals surface area contributed by atoms with Crippen LogP contribution in [0.3, 0.4) is 0 Å². The van der Waals surface area contributed by atoms with Gasteiger partial charge in [-0.25, -0.2) is 17.9 Å². The Hall–Kier alpha value is -1.40. The lowest BCUT2D eigenvalue weighted by Gasteiger charge is -2.29. The van der Waals surface area contributed by atoms with Crippen molar-refractivity contribution in [3.05, 3.63) is 29.8 Å². The lowest BCUT2D eigenvalue weighted by atomic mass is 9.81. The van der Waals surface area contributed by atoms with Crippen LogP contribution < -0.4 is 4.72 Å². The van der Waals surface area contributed by atoms with Crippen molar-refractivity contribution in [3.8, 4) is 0 Å². The molecule has 0 aliphatic rings. The maximum Gasteiger partial charge on any atom is 0.335 e. The fourth-order valence-corrected chi connectivity index (χ4v) is 2.63. The zero-order valence-electron chi connectivity index (χ0n) is 12.2. The Labute approximate surface area is 120 Å². The molecule has 0 heterocycles. The largest absolute Gasteiger partial charge is 0.478 e. The second-order valence-corrected chi connectivity index (χ2v) is 7.57. The molecule has 2 N–H and O–H groups in total. The fraction of sp³-hybridized carbons (Fsp3) is 0.500. The van der Waals surface area contributed by atoms with Crippen LogP contribution in [-0.4, -0.2) is 26.0 Å². The van der Waals surface area contributed by atoms with Gasteiger partial charge in [-0.05, 0) is 29.5 Å². The first kappa shape index (κ1) is 16.7. The normalized spacial score (nSPS) is 12.7. The third-order valence-electron chi connectivity index (χ3n) is 3.67. The van der Waals surface area contributed by atoms with Gasteiger partial charge in [0.05, 0.1) is 10.5 Å². The third kappa shape index (κ3) is 4.05. The van der Waals surface area contributed by atoms with Gasteiger partial charge < -0.3 is 5.11 Å². The number of carbonyl (C=O) groups is 1. The molecule has 0 radical (unpaired) electrons. The molecule has 6 heteroatoms.